The molecule has 138 valence electrons. The van der Waals surface area contributed by atoms with Crippen LogP contribution in [0.15, 0.2) is 54.7 Å². The maximum atomic E-state index is 11.9. The van der Waals surface area contributed by atoms with E-state index in [0.29, 0.717) is 16.8 Å². The minimum absolute atomic E-state index is 0.0896. The molecule has 0 fully saturated rings. The first-order chi connectivity index (χ1) is 12.9. The van der Waals surface area contributed by atoms with Gasteiger partial charge in [-0.2, -0.15) is 5.10 Å². The molecule has 0 saturated carbocycles. The SMILES string of the molecule is Cc1ncccc1C(=O)Nc1cc(C(=O)O)[nH]n1.NC(=O)c1ccccc1. The summed E-state index contributed by atoms with van der Waals surface area (Å²) in [5, 5.41) is 17.2. The summed E-state index contributed by atoms with van der Waals surface area (Å²) in [6.07, 6.45) is 1.59. The highest BCUT2D eigenvalue weighted by Gasteiger charge is 2.13. The number of carbonyl (C=O) groups excluding carboxylic acids is 2. The molecule has 3 rings (SSSR count). The highest BCUT2D eigenvalue weighted by atomic mass is 16.4. The molecular formula is C18H17N5O4. The average molecular weight is 367 g/mol. The van der Waals surface area contributed by atoms with Crippen molar-refractivity contribution in [3.05, 3.63) is 77.2 Å². The molecule has 0 saturated heterocycles. The number of pyridine rings is 1. The summed E-state index contributed by atoms with van der Waals surface area (Å²) in [6, 6.07) is 13.3. The van der Waals surface area contributed by atoms with Gasteiger partial charge in [-0.3, -0.25) is 19.7 Å². The van der Waals surface area contributed by atoms with Gasteiger partial charge in [-0.1, -0.05) is 18.2 Å². The van der Waals surface area contributed by atoms with Gasteiger partial charge < -0.3 is 16.2 Å². The van der Waals surface area contributed by atoms with Crippen LogP contribution in [0.25, 0.3) is 0 Å². The van der Waals surface area contributed by atoms with Crippen LogP contribution in [0.4, 0.5) is 5.82 Å². The lowest BCUT2D eigenvalue weighted by molar-refractivity contribution is 0.0690. The fourth-order valence-electron chi connectivity index (χ4n) is 2.01. The number of carboxylic acid groups (broad SMARTS) is 1. The number of aromatic amines is 1. The fraction of sp³-hybridized carbons (Fsp3) is 0.0556. The number of amides is 2. The van der Waals surface area contributed by atoms with Crippen molar-refractivity contribution in [2.45, 2.75) is 6.92 Å². The molecule has 0 aliphatic carbocycles. The molecule has 2 aromatic heterocycles. The molecule has 2 heterocycles. The summed E-state index contributed by atoms with van der Waals surface area (Å²) in [6.45, 7) is 1.71. The van der Waals surface area contributed by atoms with Gasteiger partial charge in [0.1, 0.15) is 5.69 Å². The molecule has 5 N–H and O–H groups in total. The van der Waals surface area contributed by atoms with Crippen LogP contribution in [-0.4, -0.2) is 38.1 Å². The molecule has 2 amide bonds. The third-order valence-electron chi connectivity index (χ3n) is 3.36. The molecule has 1 aromatic carbocycles. The second kappa shape index (κ2) is 8.90. The fourth-order valence-corrected chi connectivity index (χ4v) is 2.01. The van der Waals surface area contributed by atoms with Gasteiger partial charge in [0.2, 0.25) is 5.91 Å². The molecule has 27 heavy (non-hydrogen) atoms. The monoisotopic (exact) mass is 367 g/mol. The van der Waals surface area contributed by atoms with Crippen LogP contribution in [-0.2, 0) is 0 Å². The number of nitrogens with zero attached hydrogens (tertiary/aromatic N) is 2. The first kappa shape index (κ1) is 19.3. The number of hydrogen-bond donors (Lipinski definition) is 4. The average Bonchev–Trinajstić information content (AvgIpc) is 3.12. The predicted molar refractivity (Wildman–Crippen MR) is 97.4 cm³/mol. The number of benzene rings is 1. The third kappa shape index (κ3) is 5.49. The van der Waals surface area contributed by atoms with Gasteiger partial charge in [-0.05, 0) is 31.2 Å². The van der Waals surface area contributed by atoms with E-state index < -0.39 is 5.97 Å². The van der Waals surface area contributed by atoms with Gasteiger partial charge in [0.05, 0.1) is 5.56 Å². The molecule has 0 unspecified atom stereocenters. The zero-order valence-electron chi connectivity index (χ0n) is 14.3. The van der Waals surface area contributed by atoms with Crippen molar-refractivity contribution in [3.63, 3.8) is 0 Å². The lowest BCUT2D eigenvalue weighted by atomic mass is 10.2. The van der Waals surface area contributed by atoms with E-state index in [0.717, 1.165) is 0 Å². The number of rotatable bonds is 4. The summed E-state index contributed by atoms with van der Waals surface area (Å²) in [5.74, 6) is -1.75. The Kier molecular flexibility index (Phi) is 6.37. The Labute approximate surface area is 154 Å². The van der Waals surface area contributed by atoms with Crippen molar-refractivity contribution in [2.75, 3.05) is 5.32 Å². The Bertz CT molecular complexity index is 953. The largest absolute Gasteiger partial charge is 0.477 e. The van der Waals surface area contributed by atoms with E-state index in [4.69, 9.17) is 10.8 Å². The molecule has 9 nitrogen and oxygen atoms in total. The molecule has 3 aromatic rings. The van der Waals surface area contributed by atoms with Crippen LogP contribution < -0.4 is 11.1 Å². The summed E-state index contributed by atoms with van der Waals surface area (Å²) < 4.78 is 0. The van der Waals surface area contributed by atoms with E-state index in [1.54, 1.807) is 49.5 Å². The first-order valence-corrected chi connectivity index (χ1v) is 7.75. The van der Waals surface area contributed by atoms with Crippen molar-refractivity contribution in [1.82, 2.24) is 15.2 Å². The molecule has 0 spiro atoms. The summed E-state index contributed by atoms with van der Waals surface area (Å²) in [5.41, 5.74) is 6.44. The molecule has 9 heteroatoms. The van der Waals surface area contributed by atoms with Gasteiger partial charge >= 0.3 is 5.97 Å². The number of hydrogen-bond acceptors (Lipinski definition) is 5. The lowest BCUT2D eigenvalue weighted by Gasteiger charge is -2.03. The summed E-state index contributed by atoms with van der Waals surface area (Å²) in [4.78, 5) is 36.9. The smallest absolute Gasteiger partial charge is 0.353 e. The molecule has 0 bridgehead atoms. The van der Waals surface area contributed by atoms with Gasteiger partial charge in [-0.15, -0.1) is 0 Å². The van der Waals surface area contributed by atoms with E-state index in [1.165, 1.54) is 6.07 Å². The number of H-pyrrole nitrogens is 1. The Morgan fingerprint density at radius 1 is 1.11 bits per heavy atom. The van der Waals surface area contributed by atoms with Crippen LogP contribution in [0.1, 0.15) is 36.9 Å². The third-order valence-corrected chi connectivity index (χ3v) is 3.36. The van der Waals surface area contributed by atoms with Gasteiger partial charge in [0.15, 0.2) is 5.82 Å². The molecular weight excluding hydrogens is 350 g/mol. The molecule has 0 radical (unpaired) electrons. The number of aryl methyl sites for hydroxylation is 1. The van der Waals surface area contributed by atoms with Crippen LogP contribution in [0.2, 0.25) is 0 Å². The highest BCUT2D eigenvalue weighted by Crippen LogP contribution is 2.09. The minimum Gasteiger partial charge on any atom is -0.477 e. The number of aromatic nitrogens is 3. The summed E-state index contributed by atoms with van der Waals surface area (Å²) in [7, 11) is 0. The van der Waals surface area contributed by atoms with E-state index >= 15 is 0 Å². The Balaban J connectivity index is 0.000000244. The highest BCUT2D eigenvalue weighted by molar-refractivity contribution is 6.04. The predicted octanol–water partition coefficient (Wildman–Crippen LogP) is 1.85. The van der Waals surface area contributed by atoms with Crippen LogP contribution >= 0.6 is 0 Å². The number of anilines is 1. The first-order valence-electron chi connectivity index (χ1n) is 7.75. The van der Waals surface area contributed by atoms with E-state index in [-0.39, 0.29) is 23.3 Å². The lowest BCUT2D eigenvalue weighted by Crippen LogP contribution is -2.14. The maximum absolute atomic E-state index is 11.9. The minimum atomic E-state index is -1.14. The van der Waals surface area contributed by atoms with Crippen LogP contribution in [0.3, 0.4) is 0 Å². The molecule has 0 aliphatic rings. The number of nitrogens with one attached hydrogen (secondary N) is 2. The van der Waals surface area contributed by atoms with Crippen LogP contribution in [0, 0.1) is 6.92 Å². The van der Waals surface area contributed by atoms with Crippen molar-refractivity contribution in [3.8, 4) is 0 Å². The molecule has 0 atom stereocenters. The number of nitrogens with two attached hydrogens (primary N) is 1. The summed E-state index contributed by atoms with van der Waals surface area (Å²) >= 11 is 0. The number of carbonyl (C=O) groups is 3. The van der Waals surface area contributed by atoms with E-state index in [9.17, 15) is 14.4 Å². The van der Waals surface area contributed by atoms with Crippen LogP contribution in [0.5, 0.6) is 0 Å². The van der Waals surface area contributed by atoms with E-state index in [2.05, 4.69) is 20.5 Å². The van der Waals surface area contributed by atoms with Crippen molar-refractivity contribution < 1.29 is 19.5 Å². The van der Waals surface area contributed by atoms with Gasteiger partial charge in [-0.25, -0.2) is 4.79 Å². The zero-order valence-corrected chi connectivity index (χ0v) is 14.3. The van der Waals surface area contributed by atoms with Crippen molar-refractivity contribution in [2.24, 2.45) is 5.73 Å². The topological polar surface area (TPSA) is 151 Å². The van der Waals surface area contributed by atoms with Gasteiger partial charge in [0, 0.05) is 23.5 Å². The Morgan fingerprint density at radius 3 is 2.33 bits per heavy atom. The normalized spacial score (nSPS) is 9.67. The quantitative estimate of drug-likeness (QED) is 0.552. The van der Waals surface area contributed by atoms with E-state index in [1.807, 2.05) is 6.07 Å². The Hall–Kier alpha value is -4.01. The number of primary amides is 1. The molecule has 0 aliphatic heterocycles. The Morgan fingerprint density at radius 2 is 1.81 bits per heavy atom. The van der Waals surface area contributed by atoms with Gasteiger partial charge in [0.25, 0.3) is 5.91 Å². The second-order valence-corrected chi connectivity index (χ2v) is 5.29. The standard InChI is InChI=1S/C11H10N4O3.C7H7NO/c1-6-7(3-2-4-12-6)10(16)13-9-5-8(11(17)18)14-15-9;8-7(9)6-4-2-1-3-5-6/h2-5H,1H3,(H,17,18)(H2,13,14,15,16);1-5H,(H2,8,9). The van der Waals surface area contributed by atoms with Crippen molar-refractivity contribution in [1.29, 1.82) is 0 Å². The number of carboxylic acids is 1. The number of aromatic carboxylic acids is 1. The second-order valence-electron chi connectivity index (χ2n) is 5.29. The maximum Gasteiger partial charge on any atom is 0.353 e. The zero-order chi connectivity index (χ0) is 19.8. The van der Waals surface area contributed by atoms with Crippen molar-refractivity contribution >= 4 is 23.6 Å².